The lowest BCUT2D eigenvalue weighted by molar-refractivity contribution is 0.0481. The Morgan fingerprint density at radius 1 is 0.905 bits per heavy atom. The van der Waals surface area contributed by atoms with Gasteiger partial charge in [-0.1, -0.05) is 38.5 Å². The molecule has 1 unspecified atom stereocenters. The van der Waals surface area contributed by atoms with Crippen molar-refractivity contribution in [2.75, 3.05) is 19.6 Å². The van der Waals surface area contributed by atoms with Crippen molar-refractivity contribution in [1.29, 1.82) is 0 Å². The molecular weight excluding hydrogens is 256 g/mol. The summed E-state index contributed by atoms with van der Waals surface area (Å²) in [7, 11) is 0. The van der Waals surface area contributed by atoms with Gasteiger partial charge in [-0.3, -0.25) is 4.90 Å². The summed E-state index contributed by atoms with van der Waals surface area (Å²) in [5.74, 6) is 0. The van der Waals surface area contributed by atoms with Crippen LogP contribution in [0.15, 0.2) is 0 Å². The first-order valence-corrected chi connectivity index (χ1v) is 9.75. The van der Waals surface area contributed by atoms with Crippen molar-refractivity contribution >= 4 is 0 Å². The number of piperidine rings is 1. The first-order chi connectivity index (χ1) is 10.3. The van der Waals surface area contributed by atoms with E-state index in [-0.39, 0.29) is 0 Å². The van der Waals surface area contributed by atoms with Crippen LogP contribution in [0.2, 0.25) is 0 Å². The molecule has 3 aliphatic rings. The van der Waals surface area contributed by atoms with Crippen LogP contribution in [0.1, 0.15) is 84.0 Å². The molecule has 1 heterocycles. The van der Waals surface area contributed by atoms with Gasteiger partial charge in [0.15, 0.2) is 0 Å². The van der Waals surface area contributed by atoms with E-state index in [9.17, 15) is 0 Å². The number of nitrogens with one attached hydrogen (secondary N) is 1. The minimum absolute atomic E-state index is 0.730. The molecule has 0 aromatic rings. The highest BCUT2D eigenvalue weighted by molar-refractivity contribution is 4.90. The third-order valence-corrected chi connectivity index (χ3v) is 6.70. The second-order valence-corrected chi connectivity index (χ2v) is 8.19. The minimum Gasteiger partial charge on any atom is -0.312 e. The van der Waals surface area contributed by atoms with E-state index < -0.39 is 0 Å². The van der Waals surface area contributed by atoms with E-state index in [0.29, 0.717) is 0 Å². The predicted octanol–water partition coefficient (Wildman–Crippen LogP) is 4.34. The van der Waals surface area contributed by atoms with Gasteiger partial charge in [0.25, 0.3) is 0 Å². The van der Waals surface area contributed by atoms with Crippen LogP contribution in [-0.4, -0.2) is 36.6 Å². The lowest BCUT2D eigenvalue weighted by Crippen LogP contribution is -2.49. The molecule has 1 atom stereocenters. The highest BCUT2D eigenvalue weighted by atomic mass is 15.2. The molecule has 122 valence electrons. The SMILES string of the molecule is CC(CNC1CCCCC1)N1CCC2(CCCCC2)CC1. The zero-order valence-electron chi connectivity index (χ0n) is 14.2. The third-order valence-electron chi connectivity index (χ3n) is 6.70. The molecule has 3 rings (SSSR count). The van der Waals surface area contributed by atoms with Crippen molar-refractivity contribution in [2.45, 2.75) is 96.1 Å². The van der Waals surface area contributed by atoms with Crippen molar-refractivity contribution in [3.63, 3.8) is 0 Å². The molecule has 0 radical (unpaired) electrons. The summed E-state index contributed by atoms with van der Waals surface area (Å²) in [6.45, 7) is 6.35. The van der Waals surface area contributed by atoms with Crippen LogP contribution < -0.4 is 5.32 Å². The molecule has 1 spiro atoms. The molecule has 2 heteroatoms. The van der Waals surface area contributed by atoms with E-state index >= 15 is 0 Å². The van der Waals surface area contributed by atoms with E-state index in [2.05, 4.69) is 17.1 Å². The van der Waals surface area contributed by atoms with Gasteiger partial charge in [0.1, 0.15) is 0 Å². The highest BCUT2D eigenvalue weighted by Gasteiger charge is 2.36. The normalized spacial score (nSPS) is 29.6. The molecule has 3 fully saturated rings. The van der Waals surface area contributed by atoms with Crippen LogP contribution in [0, 0.1) is 5.41 Å². The maximum Gasteiger partial charge on any atom is 0.0192 e. The van der Waals surface area contributed by atoms with Crippen LogP contribution >= 0.6 is 0 Å². The number of nitrogens with zero attached hydrogens (tertiary/aromatic N) is 1. The van der Waals surface area contributed by atoms with Crippen LogP contribution in [0.25, 0.3) is 0 Å². The summed E-state index contributed by atoms with van der Waals surface area (Å²) >= 11 is 0. The van der Waals surface area contributed by atoms with Gasteiger partial charge in [-0.05, 0) is 64.0 Å². The molecule has 0 aromatic heterocycles. The molecule has 0 amide bonds. The number of rotatable bonds is 4. The topological polar surface area (TPSA) is 15.3 Å². The summed E-state index contributed by atoms with van der Waals surface area (Å²) in [5, 5.41) is 3.85. The molecule has 0 aromatic carbocycles. The highest BCUT2D eigenvalue weighted by Crippen LogP contribution is 2.44. The number of likely N-dealkylation sites (tertiary alicyclic amines) is 1. The Hall–Kier alpha value is -0.0800. The Morgan fingerprint density at radius 3 is 2.19 bits per heavy atom. The Kier molecular flexibility index (Phi) is 5.61. The molecule has 2 nitrogen and oxygen atoms in total. The van der Waals surface area contributed by atoms with Gasteiger partial charge in [0, 0.05) is 18.6 Å². The Morgan fingerprint density at radius 2 is 1.52 bits per heavy atom. The molecule has 21 heavy (non-hydrogen) atoms. The quantitative estimate of drug-likeness (QED) is 0.829. The van der Waals surface area contributed by atoms with Gasteiger partial charge in [-0.25, -0.2) is 0 Å². The summed E-state index contributed by atoms with van der Waals surface area (Å²) < 4.78 is 0. The minimum atomic E-state index is 0.730. The maximum absolute atomic E-state index is 3.85. The second-order valence-electron chi connectivity index (χ2n) is 8.19. The fourth-order valence-electron chi connectivity index (χ4n) is 5.01. The summed E-state index contributed by atoms with van der Waals surface area (Å²) in [6.07, 6.45) is 17.7. The van der Waals surface area contributed by atoms with E-state index in [1.54, 1.807) is 0 Å². The van der Waals surface area contributed by atoms with Gasteiger partial charge in [-0.15, -0.1) is 0 Å². The average Bonchev–Trinajstić information content (AvgIpc) is 2.55. The molecule has 0 bridgehead atoms. The van der Waals surface area contributed by atoms with Crippen molar-refractivity contribution in [3.05, 3.63) is 0 Å². The molecule has 2 aliphatic carbocycles. The van der Waals surface area contributed by atoms with E-state index in [1.165, 1.54) is 96.7 Å². The lowest BCUT2D eigenvalue weighted by atomic mass is 9.68. The van der Waals surface area contributed by atoms with Crippen molar-refractivity contribution in [1.82, 2.24) is 10.2 Å². The average molecular weight is 293 g/mol. The monoisotopic (exact) mass is 292 g/mol. The fraction of sp³-hybridized carbons (Fsp3) is 1.00. The molecular formula is C19H36N2. The first kappa shape index (κ1) is 15.8. The van der Waals surface area contributed by atoms with Gasteiger partial charge < -0.3 is 5.32 Å². The smallest absolute Gasteiger partial charge is 0.0192 e. The van der Waals surface area contributed by atoms with Crippen molar-refractivity contribution < 1.29 is 0 Å². The first-order valence-electron chi connectivity index (χ1n) is 9.75. The third kappa shape index (κ3) is 4.22. The summed E-state index contributed by atoms with van der Waals surface area (Å²) in [6, 6.07) is 1.54. The van der Waals surface area contributed by atoms with Crippen LogP contribution in [0.4, 0.5) is 0 Å². The van der Waals surface area contributed by atoms with Crippen LogP contribution in [0.3, 0.4) is 0 Å². The fourth-order valence-corrected chi connectivity index (χ4v) is 5.01. The Labute approximate surface area is 132 Å². The molecule has 1 saturated heterocycles. The van der Waals surface area contributed by atoms with Gasteiger partial charge >= 0.3 is 0 Å². The van der Waals surface area contributed by atoms with Crippen molar-refractivity contribution in [3.8, 4) is 0 Å². The molecule has 1 aliphatic heterocycles. The Balaban J connectivity index is 1.39. The lowest BCUT2D eigenvalue weighted by Gasteiger charge is -2.46. The molecule has 2 saturated carbocycles. The second kappa shape index (κ2) is 7.46. The van der Waals surface area contributed by atoms with E-state index in [0.717, 1.165) is 17.5 Å². The summed E-state index contributed by atoms with van der Waals surface area (Å²) in [5.41, 5.74) is 0.755. The maximum atomic E-state index is 3.85. The number of hydrogen-bond donors (Lipinski definition) is 1. The molecule has 1 N–H and O–H groups in total. The Bertz CT molecular complexity index is 293. The predicted molar refractivity (Wildman–Crippen MR) is 90.7 cm³/mol. The van der Waals surface area contributed by atoms with Crippen molar-refractivity contribution in [2.24, 2.45) is 5.41 Å². The van der Waals surface area contributed by atoms with Gasteiger partial charge in [0.2, 0.25) is 0 Å². The van der Waals surface area contributed by atoms with Gasteiger partial charge in [0.05, 0.1) is 0 Å². The number of hydrogen-bond acceptors (Lipinski definition) is 2. The largest absolute Gasteiger partial charge is 0.312 e. The van der Waals surface area contributed by atoms with E-state index in [4.69, 9.17) is 0 Å². The van der Waals surface area contributed by atoms with Gasteiger partial charge in [-0.2, -0.15) is 0 Å². The van der Waals surface area contributed by atoms with Crippen LogP contribution in [0.5, 0.6) is 0 Å². The summed E-state index contributed by atoms with van der Waals surface area (Å²) in [4.78, 5) is 2.76. The van der Waals surface area contributed by atoms with Crippen LogP contribution in [-0.2, 0) is 0 Å². The van der Waals surface area contributed by atoms with E-state index in [1.807, 2.05) is 0 Å². The standard InChI is InChI=1S/C19H36N2/c1-17(16-20-18-8-4-2-5-9-18)21-14-12-19(13-15-21)10-6-3-7-11-19/h17-18,20H,2-16H2,1H3. The zero-order valence-corrected chi connectivity index (χ0v) is 14.2. The zero-order chi connectivity index (χ0) is 14.5.